The van der Waals surface area contributed by atoms with Gasteiger partial charge in [0.15, 0.2) is 11.2 Å². The lowest BCUT2D eigenvalue weighted by Gasteiger charge is -2.13. The number of aromatic nitrogens is 6. The van der Waals surface area contributed by atoms with E-state index in [1.165, 1.54) is 5.56 Å². The summed E-state index contributed by atoms with van der Waals surface area (Å²) in [5, 5.41) is 3.35. The van der Waals surface area contributed by atoms with E-state index in [0.717, 1.165) is 82.0 Å². The fraction of sp³-hybridized carbons (Fsp3) is 0.0781. The van der Waals surface area contributed by atoms with Gasteiger partial charge < -0.3 is 11.1 Å². The zero-order chi connectivity index (χ0) is 61.4. The van der Waals surface area contributed by atoms with Crippen molar-refractivity contribution in [1.82, 2.24) is 28.7 Å². The highest BCUT2D eigenvalue weighted by atomic mass is 79.9. The Balaban J connectivity index is 0.000000183. The number of halogens is 6. The number of benzene rings is 8. The summed E-state index contributed by atoms with van der Waals surface area (Å²) in [5.74, 6) is 1.22. The average molecular weight is 1410 g/mol. The van der Waals surface area contributed by atoms with Crippen molar-refractivity contribution >= 4 is 136 Å². The first-order valence-electron chi connectivity index (χ1n) is 25.6. The lowest BCUT2D eigenvalue weighted by atomic mass is 10.1. The molecule has 0 radical (unpaired) electrons. The summed E-state index contributed by atoms with van der Waals surface area (Å²) in [6.45, 7) is 8.13. The van der Waals surface area contributed by atoms with E-state index in [4.69, 9.17) is 36.1 Å². The van der Waals surface area contributed by atoms with Crippen LogP contribution in [0, 0.1) is 20.8 Å². The van der Waals surface area contributed by atoms with Gasteiger partial charge in [-0.15, -0.1) is 0 Å². The smallest absolute Gasteiger partial charge is 0.373 e. The summed E-state index contributed by atoms with van der Waals surface area (Å²) >= 11 is 16.4. The highest BCUT2D eigenvalue weighted by Crippen LogP contribution is 2.26. The molecule has 21 heteroatoms. The topological polar surface area (TPSA) is 189 Å². The molecule has 432 valence electrons. The van der Waals surface area contributed by atoms with E-state index >= 15 is 0 Å². The third-order valence-electron chi connectivity index (χ3n) is 12.0. The number of nitrogens with one attached hydrogen (secondary N) is 1. The lowest BCUT2D eigenvalue weighted by Crippen LogP contribution is -2.22. The molecule has 8 aromatic carbocycles. The molecule has 0 aliphatic heterocycles. The van der Waals surface area contributed by atoms with Crippen LogP contribution < -0.4 is 16.6 Å². The first kappa shape index (κ1) is 66.2. The molecule has 14 nitrogen and oxygen atoms in total. The standard InChI is InChI=1S/C24H17BrN4O.C14H11BrClN.C14H12BrNO.C11H13N3.CO2.Cl2OS/c1-16-7-9-17(10-8-16)22-27-23-21(26-15-28(23)19-5-3-2-4-6-19)24(30)29(22)20-13-11-18(25)12-14-20;1-10-2-4-11(5-3-10)14(16)17-13-8-6-12(15)7-9-13;1-10-2-4-11(5-3-10)14(17)16-13-8-6-12(15)7-9-13;1-2-10-11(12)14(8-13-10)9-6-4-3-5-7-9;2-1-3;1-4(2)3/h2-15H,1H3;2-9H,1H3;2-9H,1H3,(H,16,17);3-8H,2,12H2,1H3;;. The van der Waals surface area contributed by atoms with Crippen molar-refractivity contribution in [2.75, 3.05) is 11.1 Å². The number of nitrogens with zero attached hydrogens (tertiary/aromatic N) is 7. The number of fused-ring (bicyclic) bond motifs is 1. The van der Waals surface area contributed by atoms with Crippen molar-refractivity contribution in [3.05, 3.63) is 276 Å². The van der Waals surface area contributed by atoms with Gasteiger partial charge in [-0.05, 0) is 136 Å². The van der Waals surface area contributed by atoms with Crippen LogP contribution in [0.3, 0.4) is 0 Å². The molecule has 3 heterocycles. The molecule has 3 N–H and O–H groups in total. The second-order valence-electron chi connectivity index (χ2n) is 18.0. The van der Waals surface area contributed by atoms with Crippen molar-refractivity contribution in [2.24, 2.45) is 4.99 Å². The zero-order valence-electron chi connectivity index (χ0n) is 45.9. The molecule has 0 aliphatic carbocycles. The minimum absolute atomic E-state index is 0.0904. The van der Waals surface area contributed by atoms with Gasteiger partial charge in [-0.1, -0.05) is 180 Å². The number of hydrogen-bond acceptors (Lipinski definition) is 10. The van der Waals surface area contributed by atoms with Crippen LogP contribution in [0.5, 0.6) is 0 Å². The molecular weight excluding hydrogens is 1350 g/mol. The number of aryl methyl sites for hydroxylation is 4. The Morgan fingerprint density at radius 3 is 1.53 bits per heavy atom. The fourth-order valence-electron chi connectivity index (χ4n) is 7.74. The quantitative estimate of drug-likeness (QED) is 0.105. The SMILES string of the molecule is CCc1ncn(-c2ccccc2)c1N.Cc1ccc(-c2nc3c(ncn3-c3ccccc3)c(=O)n2-c2ccc(Br)cc2)cc1.Cc1ccc(C(=O)Nc2ccc(Br)cc2)cc1.Cc1ccc(C(Cl)=Nc2ccc(Br)cc2)cc1.O=C=O.O=S(Cl)Cl. The van der Waals surface area contributed by atoms with E-state index in [2.05, 4.69) is 89.4 Å². The minimum Gasteiger partial charge on any atom is -0.383 e. The van der Waals surface area contributed by atoms with E-state index in [1.807, 2.05) is 243 Å². The van der Waals surface area contributed by atoms with Gasteiger partial charge in [0.2, 0.25) is 9.23 Å². The van der Waals surface area contributed by atoms with E-state index < -0.39 is 9.23 Å². The molecule has 0 unspecified atom stereocenters. The summed E-state index contributed by atoms with van der Waals surface area (Å²) in [6.07, 6.45) is 4.54. The summed E-state index contributed by atoms with van der Waals surface area (Å²) < 4.78 is 17.4. The fourth-order valence-corrected chi connectivity index (χ4v) is 8.76. The van der Waals surface area contributed by atoms with Crippen molar-refractivity contribution in [1.29, 1.82) is 0 Å². The number of anilines is 2. The van der Waals surface area contributed by atoms with Crippen LogP contribution in [-0.2, 0) is 25.2 Å². The summed E-state index contributed by atoms with van der Waals surface area (Å²) in [5.41, 5.74) is 17.9. The van der Waals surface area contributed by atoms with Gasteiger partial charge in [0.25, 0.3) is 11.5 Å². The van der Waals surface area contributed by atoms with Crippen LogP contribution in [-0.4, -0.2) is 50.1 Å². The minimum atomic E-state index is -1.67. The van der Waals surface area contributed by atoms with Crippen LogP contribution in [0.2, 0.25) is 0 Å². The molecule has 3 aromatic heterocycles. The van der Waals surface area contributed by atoms with Gasteiger partial charge in [-0.2, -0.15) is 9.59 Å². The Bertz CT molecular complexity index is 4070. The van der Waals surface area contributed by atoms with Gasteiger partial charge in [0, 0.05) is 68.5 Å². The van der Waals surface area contributed by atoms with Crippen LogP contribution in [0.15, 0.2) is 242 Å². The molecule has 0 fully saturated rings. The first-order valence-corrected chi connectivity index (χ1v) is 31.1. The third-order valence-corrected chi connectivity index (χ3v) is 13.9. The Hall–Kier alpha value is -7.90. The van der Waals surface area contributed by atoms with Gasteiger partial charge in [-0.3, -0.25) is 23.3 Å². The molecule has 11 aromatic rings. The Kier molecular flexibility index (Phi) is 26.1. The normalized spacial score (nSPS) is 10.5. The Labute approximate surface area is 533 Å². The van der Waals surface area contributed by atoms with Crippen LogP contribution >= 0.6 is 80.8 Å². The molecule has 0 saturated carbocycles. The Morgan fingerprint density at radius 1 is 0.612 bits per heavy atom. The van der Waals surface area contributed by atoms with E-state index in [0.29, 0.717) is 27.7 Å². The number of aliphatic imine (C=N–C) groups is 1. The highest BCUT2D eigenvalue weighted by molar-refractivity contribution is 9.11. The van der Waals surface area contributed by atoms with E-state index in [1.54, 1.807) is 17.2 Å². The number of rotatable bonds is 9. The lowest BCUT2D eigenvalue weighted by molar-refractivity contribution is -0.191. The summed E-state index contributed by atoms with van der Waals surface area (Å²) in [4.78, 5) is 59.6. The average Bonchev–Trinajstić information content (AvgIpc) is 1.93. The number of para-hydroxylation sites is 2. The van der Waals surface area contributed by atoms with Gasteiger partial charge in [0.1, 0.15) is 29.5 Å². The molecule has 11 rings (SSSR count). The number of amides is 1. The molecule has 0 spiro atoms. The van der Waals surface area contributed by atoms with E-state index in [-0.39, 0.29) is 17.6 Å². The predicted octanol–water partition coefficient (Wildman–Crippen LogP) is 16.9. The van der Waals surface area contributed by atoms with Gasteiger partial charge in [0.05, 0.1) is 17.1 Å². The zero-order valence-corrected chi connectivity index (χ0v) is 53.8. The van der Waals surface area contributed by atoms with Crippen LogP contribution in [0.1, 0.15) is 45.2 Å². The van der Waals surface area contributed by atoms with Gasteiger partial charge in [-0.25, -0.2) is 24.2 Å². The summed E-state index contributed by atoms with van der Waals surface area (Å²) in [7, 11) is 7.36. The third kappa shape index (κ3) is 20.1. The number of carbonyl (C=O) groups excluding carboxylic acids is 3. The van der Waals surface area contributed by atoms with Gasteiger partial charge >= 0.3 is 6.15 Å². The molecule has 0 bridgehead atoms. The van der Waals surface area contributed by atoms with Crippen LogP contribution in [0.4, 0.5) is 17.2 Å². The maximum Gasteiger partial charge on any atom is 0.373 e. The molecule has 85 heavy (non-hydrogen) atoms. The second kappa shape index (κ2) is 33.6. The number of nitrogens with two attached hydrogens (primary N) is 1. The van der Waals surface area contributed by atoms with Crippen molar-refractivity contribution in [2.45, 2.75) is 34.1 Å². The molecule has 1 amide bonds. The number of carbonyl (C=O) groups is 1. The Morgan fingerprint density at radius 2 is 1.05 bits per heavy atom. The molecule has 0 saturated heterocycles. The van der Waals surface area contributed by atoms with Crippen molar-refractivity contribution in [3.63, 3.8) is 0 Å². The monoisotopic (exact) mass is 1400 g/mol. The number of nitrogen functional groups attached to an aromatic ring is 1. The van der Waals surface area contributed by atoms with Crippen LogP contribution in [0.25, 0.3) is 39.6 Å². The maximum absolute atomic E-state index is 13.6. The number of hydrogen-bond donors (Lipinski definition) is 2. The van der Waals surface area contributed by atoms with E-state index in [9.17, 15) is 9.59 Å². The highest BCUT2D eigenvalue weighted by Gasteiger charge is 2.19. The molecule has 0 aliphatic rings. The maximum atomic E-state index is 13.6. The predicted molar refractivity (Wildman–Crippen MR) is 355 cm³/mol. The first-order chi connectivity index (χ1) is 40.9. The van der Waals surface area contributed by atoms with Crippen molar-refractivity contribution < 1.29 is 18.6 Å². The van der Waals surface area contributed by atoms with Crippen molar-refractivity contribution in [3.8, 4) is 28.5 Å². The largest absolute Gasteiger partial charge is 0.383 e. The molecule has 0 atom stereocenters. The number of imidazole rings is 2. The summed E-state index contributed by atoms with van der Waals surface area (Å²) in [6, 6.07) is 66.1. The molecular formula is C64H53Br3Cl3N9O5S. The second-order valence-corrected chi connectivity index (χ2v) is 23.6.